The summed E-state index contributed by atoms with van der Waals surface area (Å²) in [6.07, 6.45) is 7.81. The first-order valence-corrected chi connectivity index (χ1v) is 10.3. The van der Waals surface area contributed by atoms with Gasteiger partial charge in [-0.1, -0.05) is 12.1 Å². The third-order valence-corrected chi connectivity index (χ3v) is 7.71. The smallest absolute Gasteiger partial charge is 0.387 e. The summed E-state index contributed by atoms with van der Waals surface area (Å²) < 4.78 is 29.8. The lowest BCUT2D eigenvalue weighted by atomic mass is 9.56. The van der Waals surface area contributed by atoms with Crippen LogP contribution in [0.15, 0.2) is 24.3 Å². The van der Waals surface area contributed by atoms with Crippen LogP contribution in [0, 0.1) is 17.8 Å². The normalized spacial score (nSPS) is 33.3. The second-order valence-corrected chi connectivity index (χ2v) is 10.0. The lowest BCUT2D eigenvalue weighted by molar-refractivity contribution is -0.115. The molecule has 0 unspecified atom stereocenters. The van der Waals surface area contributed by atoms with Gasteiger partial charge in [0.25, 0.3) is 0 Å². The fourth-order valence-electron chi connectivity index (χ4n) is 5.61. The molecule has 4 aliphatic carbocycles. The summed E-state index contributed by atoms with van der Waals surface area (Å²) >= 11 is 1.80. The maximum atomic E-state index is 12.7. The molecule has 3 nitrogen and oxygen atoms in total. The van der Waals surface area contributed by atoms with Crippen LogP contribution in [-0.4, -0.2) is 22.5 Å². The molecule has 1 N–H and O–H groups in total. The van der Waals surface area contributed by atoms with Gasteiger partial charge in [0.1, 0.15) is 5.75 Å². The fraction of sp³-hybridized carbons (Fsp3) is 0.650. The number of benzene rings is 1. The standard InChI is InChI=1S/C20H25F2NO2S/c1-12(18(24)23-16-4-2-3-5-17(16)25-19(21)22)26-20-9-13-6-14(10-20)8-15(7-13)11-20/h2-5,12-15,19H,6-11H2,1H3,(H,23,24)/t12-,13?,14?,15?,20?/m0/s1. The van der Waals surface area contributed by atoms with Crippen molar-refractivity contribution >= 4 is 23.4 Å². The number of rotatable bonds is 6. The number of para-hydroxylation sites is 2. The molecular weight excluding hydrogens is 356 g/mol. The van der Waals surface area contributed by atoms with Crippen LogP contribution in [0.4, 0.5) is 14.5 Å². The monoisotopic (exact) mass is 381 g/mol. The van der Waals surface area contributed by atoms with Gasteiger partial charge in [0, 0.05) is 4.75 Å². The van der Waals surface area contributed by atoms with Gasteiger partial charge < -0.3 is 10.1 Å². The first kappa shape index (κ1) is 18.1. The van der Waals surface area contributed by atoms with Gasteiger partial charge in [0.05, 0.1) is 10.9 Å². The van der Waals surface area contributed by atoms with Crippen molar-refractivity contribution in [1.29, 1.82) is 0 Å². The molecule has 0 heterocycles. The highest BCUT2D eigenvalue weighted by molar-refractivity contribution is 8.01. The summed E-state index contributed by atoms with van der Waals surface area (Å²) in [6, 6.07) is 6.35. The number of hydrogen-bond acceptors (Lipinski definition) is 3. The molecule has 1 aromatic rings. The topological polar surface area (TPSA) is 38.3 Å². The maximum Gasteiger partial charge on any atom is 0.387 e. The highest BCUT2D eigenvalue weighted by Gasteiger charge is 2.52. The quantitative estimate of drug-likeness (QED) is 0.725. The van der Waals surface area contributed by atoms with Crippen molar-refractivity contribution in [2.24, 2.45) is 17.8 Å². The number of thioether (sulfide) groups is 1. The average molecular weight is 381 g/mol. The number of hydrogen-bond donors (Lipinski definition) is 1. The molecule has 4 bridgehead atoms. The van der Waals surface area contributed by atoms with Gasteiger partial charge in [-0.3, -0.25) is 4.79 Å². The van der Waals surface area contributed by atoms with Gasteiger partial charge >= 0.3 is 6.61 Å². The minimum atomic E-state index is -2.91. The maximum absolute atomic E-state index is 12.7. The summed E-state index contributed by atoms with van der Waals surface area (Å²) in [7, 11) is 0. The number of carbonyl (C=O) groups excluding carboxylic acids is 1. The fourth-order valence-corrected chi connectivity index (χ4v) is 7.52. The second kappa shape index (κ2) is 7.02. The summed E-state index contributed by atoms with van der Waals surface area (Å²) in [4.78, 5) is 12.7. The summed E-state index contributed by atoms with van der Waals surface area (Å²) in [5.41, 5.74) is 0.302. The Labute approximate surface area is 157 Å². The molecule has 0 saturated heterocycles. The zero-order chi connectivity index (χ0) is 18.3. The van der Waals surface area contributed by atoms with Crippen LogP contribution < -0.4 is 10.1 Å². The highest BCUT2D eigenvalue weighted by Crippen LogP contribution is 2.61. The van der Waals surface area contributed by atoms with Crippen molar-refractivity contribution in [2.75, 3.05) is 5.32 Å². The van der Waals surface area contributed by atoms with Crippen LogP contribution in [-0.2, 0) is 4.79 Å². The Morgan fingerprint density at radius 2 is 1.73 bits per heavy atom. The zero-order valence-electron chi connectivity index (χ0n) is 14.9. The summed E-state index contributed by atoms with van der Waals surface area (Å²) in [5.74, 6) is 2.37. The minimum Gasteiger partial charge on any atom is -0.433 e. The molecule has 26 heavy (non-hydrogen) atoms. The Morgan fingerprint density at radius 3 is 2.31 bits per heavy atom. The Hall–Kier alpha value is -1.30. The lowest BCUT2D eigenvalue weighted by Crippen LogP contribution is -2.49. The number of nitrogens with one attached hydrogen (secondary N) is 1. The third-order valence-electron chi connectivity index (χ3n) is 6.14. The van der Waals surface area contributed by atoms with Crippen LogP contribution >= 0.6 is 11.8 Å². The molecule has 0 aliphatic heterocycles. The van der Waals surface area contributed by atoms with Gasteiger partial charge in [-0.05, 0) is 75.3 Å². The lowest BCUT2D eigenvalue weighted by Gasteiger charge is -2.57. The van der Waals surface area contributed by atoms with E-state index in [0.717, 1.165) is 17.8 Å². The molecule has 0 spiro atoms. The largest absolute Gasteiger partial charge is 0.433 e. The van der Waals surface area contributed by atoms with Crippen LogP contribution in [0.1, 0.15) is 45.4 Å². The van der Waals surface area contributed by atoms with Crippen LogP contribution in [0.25, 0.3) is 0 Å². The van der Waals surface area contributed by atoms with E-state index in [9.17, 15) is 13.6 Å². The van der Waals surface area contributed by atoms with E-state index in [1.807, 2.05) is 6.92 Å². The number of carbonyl (C=O) groups is 1. The van der Waals surface area contributed by atoms with Gasteiger partial charge in [-0.2, -0.15) is 8.78 Å². The van der Waals surface area contributed by atoms with E-state index in [0.29, 0.717) is 5.69 Å². The Morgan fingerprint density at radius 1 is 1.15 bits per heavy atom. The van der Waals surface area contributed by atoms with Gasteiger partial charge in [0.15, 0.2) is 0 Å². The summed E-state index contributed by atoms with van der Waals surface area (Å²) in [5, 5.41) is 2.56. The van der Waals surface area contributed by atoms with Crippen LogP contribution in [0.3, 0.4) is 0 Å². The third kappa shape index (κ3) is 3.71. The van der Waals surface area contributed by atoms with E-state index in [2.05, 4.69) is 10.1 Å². The van der Waals surface area contributed by atoms with Crippen LogP contribution in [0.5, 0.6) is 5.75 Å². The molecule has 142 valence electrons. The molecule has 0 aromatic heterocycles. The van der Waals surface area contributed by atoms with Gasteiger partial charge in [0.2, 0.25) is 5.91 Å². The highest BCUT2D eigenvalue weighted by atomic mass is 32.2. The molecule has 4 fully saturated rings. The molecular formula is C20H25F2NO2S. The molecule has 6 heteroatoms. The Kier molecular flexibility index (Phi) is 4.88. The molecule has 1 amide bonds. The van der Waals surface area contributed by atoms with Crippen molar-refractivity contribution in [3.8, 4) is 5.75 Å². The number of ether oxygens (including phenoxy) is 1. The minimum absolute atomic E-state index is 0.00264. The van der Waals surface area contributed by atoms with Crippen molar-refractivity contribution in [3.63, 3.8) is 0 Å². The zero-order valence-corrected chi connectivity index (χ0v) is 15.7. The molecule has 1 atom stereocenters. The van der Waals surface area contributed by atoms with E-state index in [-0.39, 0.29) is 21.7 Å². The van der Waals surface area contributed by atoms with E-state index in [1.165, 1.54) is 44.6 Å². The predicted octanol–water partition coefficient (Wildman–Crippen LogP) is 5.32. The van der Waals surface area contributed by atoms with Gasteiger partial charge in [-0.25, -0.2) is 0 Å². The molecule has 0 radical (unpaired) electrons. The number of halogens is 2. The first-order valence-electron chi connectivity index (χ1n) is 9.45. The van der Waals surface area contributed by atoms with E-state index in [1.54, 1.807) is 30.0 Å². The summed E-state index contributed by atoms with van der Waals surface area (Å²) in [6.45, 7) is -0.985. The van der Waals surface area contributed by atoms with Crippen LogP contribution in [0.2, 0.25) is 0 Å². The van der Waals surface area contributed by atoms with E-state index in [4.69, 9.17) is 0 Å². The molecule has 4 aliphatic rings. The molecule has 5 rings (SSSR count). The number of anilines is 1. The SMILES string of the molecule is C[C@H](SC12CC3CC(CC(C3)C1)C2)C(=O)Nc1ccccc1OC(F)F. The second-order valence-electron chi connectivity index (χ2n) is 8.22. The molecule has 1 aromatic carbocycles. The number of alkyl halides is 2. The van der Waals surface area contributed by atoms with E-state index >= 15 is 0 Å². The predicted molar refractivity (Wildman–Crippen MR) is 99.7 cm³/mol. The Bertz CT molecular complexity index is 646. The van der Waals surface area contributed by atoms with Crippen molar-refractivity contribution in [1.82, 2.24) is 0 Å². The average Bonchev–Trinajstić information content (AvgIpc) is 2.54. The van der Waals surface area contributed by atoms with Crippen molar-refractivity contribution in [2.45, 2.75) is 62.1 Å². The number of amides is 1. The van der Waals surface area contributed by atoms with Gasteiger partial charge in [-0.15, -0.1) is 11.8 Å². The Balaban J connectivity index is 1.41. The first-order chi connectivity index (χ1) is 12.4. The van der Waals surface area contributed by atoms with Crippen molar-refractivity contribution in [3.05, 3.63) is 24.3 Å². The molecule has 4 saturated carbocycles. The van der Waals surface area contributed by atoms with E-state index < -0.39 is 6.61 Å². The van der Waals surface area contributed by atoms with Crippen molar-refractivity contribution < 1.29 is 18.3 Å².